The van der Waals surface area contributed by atoms with Gasteiger partial charge in [0.1, 0.15) is 5.15 Å². The van der Waals surface area contributed by atoms with E-state index in [2.05, 4.69) is 10.4 Å². The quantitative estimate of drug-likeness (QED) is 0.563. The van der Waals surface area contributed by atoms with E-state index < -0.39 is 5.97 Å². The molecule has 1 amide bonds. The van der Waals surface area contributed by atoms with Crippen LogP contribution < -0.4 is 5.32 Å². The monoisotopic (exact) mass is 407 g/mol. The molecule has 0 radical (unpaired) electrons. The Kier molecular flexibility index (Phi) is 6.19. The van der Waals surface area contributed by atoms with Gasteiger partial charge in [0.2, 0.25) is 0 Å². The van der Waals surface area contributed by atoms with Crippen molar-refractivity contribution in [3.8, 4) is 0 Å². The molecule has 0 atom stereocenters. The molecule has 2 aromatic rings. The second kappa shape index (κ2) is 8.59. The van der Waals surface area contributed by atoms with E-state index in [9.17, 15) is 9.59 Å². The number of benzene rings is 1. The lowest BCUT2D eigenvalue weighted by Crippen LogP contribution is -2.30. The highest BCUT2D eigenvalue weighted by Crippen LogP contribution is 2.24. The molecule has 6 nitrogen and oxygen atoms in total. The number of nitrogens with zero attached hydrogens (tertiary/aromatic N) is 2. The molecule has 1 N–H and O–H groups in total. The van der Waals surface area contributed by atoms with Gasteiger partial charge in [-0.2, -0.15) is 5.10 Å². The molecule has 1 aromatic heterocycles. The zero-order valence-corrected chi connectivity index (χ0v) is 16.3. The summed E-state index contributed by atoms with van der Waals surface area (Å²) < 4.78 is 6.54. The average molecular weight is 408 g/mol. The smallest absolute Gasteiger partial charge is 0.331 e. The molecule has 0 saturated heterocycles. The number of aromatic nitrogens is 2. The topological polar surface area (TPSA) is 73.2 Å². The first-order valence-corrected chi connectivity index (χ1v) is 9.30. The average Bonchev–Trinajstić information content (AvgIpc) is 3.40. The molecule has 0 unspecified atom stereocenters. The van der Waals surface area contributed by atoms with Crippen molar-refractivity contribution < 1.29 is 14.3 Å². The highest BCUT2D eigenvalue weighted by Gasteiger charge is 2.23. The molecule has 1 aliphatic rings. The van der Waals surface area contributed by atoms with Gasteiger partial charge in [0.25, 0.3) is 5.91 Å². The number of halogens is 2. The van der Waals surface area contributed by atoms with E-state index in [1.165, 1.54) is 12.2 Å². The molecule has 1 aromatic carbocycles. The van der Waals surface area contributed by atoms with Gasteiger partial charge in [-0.15, -0.1) is 0 Å². The maximum absolute atomic E-state index is 11.8. The van der Waals surface area contributed by atoms with Crippen LogP contribution in [0.15, 0.2) is 30.3 Å². The molecule has 1 fully saturated rings. The van der Waals surface area contributed by atoms with Crippen molar-refractivity contribution in [2.75, 3.05) is 6.61 Å². The van der Waals surface area contributed by atoms with Crippen molar-refractivity contribution >= 4 is 41.2 Å². The van der Waals surface area contributed by atoms with Crippen LogP contribution in [0.5, 0.6) is 0 Å². The molecule has 0 aliphatic heterocycles. The number of rotatable bonds is 7. The van der Waals surface area contributed by atoms with Crippen LogP contribution in [0.25, 0.3) is 6.08 Å². The van der Waals surface area contributed by atoms with Gasteiger partial charge < -0.3 is 10.1 Å². The number of hydrogen-bond donors (Lipinski definition) is 1. The van der Waals surface area contributed by atoms with Crippen molar-refractivity contribution in [2.24, 2.45) is 0 Å². The predicted octanol–water partition coefficient (Wildman–Crippen LogP) is 3.38. The van der Waals surface area contributed by atoms with Crippen LogP contribution >= 0.6 is 23.2 Å². The number of amides is 1. The van der Waals surface area contributed by atoms with Crippen LogP contribution in [-0.2, 0) is 20.9 Å². The molecular weight excluding hydrogens is 389 g/mol. The third-order valence-electron chi connectivity index (χ3n) is 4.06. The molecule has 1 heterocycles. The van der Waals surface area contributed by atoms with E-state index in [4.69, 9.17) is 27.9 Å². The van der Waals surface area contributed by atoms with Crippen LogP contribution in [0.3, 0.4) is 0 Å². The van der Waals surface area contributed by atoms with E-state index in [1.807, 2.05) is 18.2 Å². The first-order valence-electron chi connectivity index (χ1n) is 8.54. The first-order chi connectivity index (χ1) is 12.9. The minimum atomic E-state index is -0.615. The van der Waals surface area contributed by atoms with Crippen LogP contribution in [0.4, 0.5) is 0 Å². The molecule has 0 bridgehead atoms. The number of esters is 1. The lowest BCUT2D eigenvalue weighted by atomic mass is 10.2. The predicted molar refractivity (Wildman–Crippen MR) is 104 cm³/mol. The van der Waals surface area contributed by atoms with Crippen molar-refractivity contribution in [3.05, 3.63) is 57.3 Å². The van der Waals surface area contributed by atoms with E-state index >= 15 is 0 Å². The number of carbonyl (C=O) groups is 2. The molecular formula is C19H19Cl2N3O3. The third kappa shape index (κ3) is 5.34. The summed E-state index contributed by atoms with van der Waals surface area (Å²) in [6, 6.07) is 7.68. The largest absolute Gasteiger partial charge is 0.452 e. The zero-order valence-electron chi connectivity index (χ0n) is 14.7. The fourth-order valence-electron chi connectivity index (χ4n) is 2.48. The van der Waals surface area contributed by atoms with Gasteiger partial charge in [0, 0.05) is 22.7 Å². The van der Waals surface area contributed by atoms with Gasteiger partial charge in [0.15, 0.2) is 6.61 Å². The van der Waals surface area contributed by atoms with Gasteiger partial charge in [-0.25, -0.2) is 9.48 Å². The summed E-state index contributed by atoms with van der Waals surface area (Å²) in [7, 11) is 0. The maximum Gasteiger partial charge on any atom is 0.331 e. The summed E-state index contributed by atoms with van der Waals surface area (Å²) in [6.45, 7) is 1.92. The number of carbonyl (C=O) groups excluding carboxylic acids is 2. The lowest BCUT2D eigenvalue weighted by Gasteiger charge is -2.05. The Morgan fingerprint density at radius 3 is 2.78 bits per heavy atom. The standard InChI is InChI=1S/C19H19Cl2N3O3/c1-12-15(8-9-18(26)27-11-17(25)22-14-6-7-14)19(21)24(23-12)10-13-4-2-3-5-16(13)20/h2-5,8-9,14H,6-7,10-11H2,1H3,(H,22,25)/b9-8+. The SMILES string of the molecule is Cc1nn(Cc2ccccc2Cl)c(Cl)c1/C=C/C(=O)OCC(=O)NC1CC1. The second-order valence-electron chi connectivity index (χ2n) is 6.32. The van der Waals surface area contributed by atoms with Gasteiger partial charge in [-0.1, -0.05) is 41.4 Å². The molecule has 1 saturated carbocycles. The van der Waals surface area contributed by atoms with Crippen molar-refractivity contribution in [2.45, 2.75) is 32.4 Å². The molecule has 27 heavy (non-hydrogen) atoms. The molecule has 0 spiro atoms. The van der Waals surface area contributed by atoms with Crippen molar-refractivity contribution in [3.63, 3.8) is 0 Å². The van der Waals surface area contributed by atoms with Crippen LogP contribution in [0.2, 0.25) is 10.2 Å². The Bertz CT molecular complexity index is 888. The van der Waals surface area contributed by atoms with E-state index in [0.29, 0.717) is 28.0 Å². The van der Waals surface area contributed by atoms with E-state index in [-0.39, 0.29) is 18.6 Å². The number of aryl methyl sites for hydroxylation is 1. The maximum atomic E-state index is 11.8. The summed E-state index contributed by atoms with van der Waals surface area (Å²) in [5.41, 5.74) is 2.17. The van der Waals surface area contributed by atoms with Gasteiger partial charge in [-0.05, 0) is 37.5 Å². The minimum absolute atomic E-state index is 0.233. The van der Waals surface area contributed by atoms with Crippen LogP contribution in [-0.4, -0.2) is 34.3 Å². The summed E-state index contributed by atoms with van der Waals surface area (Å²) in [4.78, 5) is 23.3. The number of ether oxygens (including phenoxy) is 1. The van der Waals surface area contributed by atoms with Gasteiger partial charge in [0.05, 0.1) is 12.2 Å². The number of hydrogen-bond acceptors (Lipinski definition) is 4. The molecule has 142 valence electrons. The summed E-state index contributed by atoms with van der Waals surface area (Å²) in [6.07, 6.45) is 4.74. The molecule has 3 rings (SSSR count). The molecule has 1 aliphatic carbocycles. The van der Waals surface area contributed by atoms with Crippen LogP contribution in [0.1, 0.15) is 29.7 Å². The highest BCUT2D eigenvalue weighted by atomic mass is 35.5. The first kappa shape index (κ1) is 19.5. The van der Waals surface area contributed by atoms with Crippen LogP contribution in [0, 0.1) is 6.92 Å². The summed E-state index contributed by atoms with van der Waals surface area (Å²) >= 11 is 12.6. The summed E-state index contributed by atoms with van der Waals surface area (Å²) in [5, 5.41) is 8.17. The highest BCUT2D eigenvalue weighted by molar-refractivity contribution is 6.32. The van der Waals surface area contributed by atoms with Crippen molar-refractivity contribution in [1.82, 2.24) is 15.1 Å². The normalized spacial score (nSPS) is 13.7. The Labute approximate surface area is 167 Å². The molecule has 8 heteroatoms. The minimum Gasteiger partial charge on any atom is -0.452 e. The Morgan fingerprint density at radius 1 is 1.33 bits per heavy atom. The van der Waals surface area contributed by atoms with Gasteiger partial charge >= 0.3 is 5.97 Å². The van der Waals surface area contributed by atoms with Gasteiger partial charge in [-0.3, -0.25) is 4.79 Å². The fourth-order valence-corrected chi connectivity index (χ4v) is 2.98. The second-order valence-corrected chi connectivity index (χ2v) is 7.09. The van der Waals surface area contributed by atoms with Crippen molar-refractivity contribution in [1.29, 1.82) is 0 Å². The fraction of sp³-hybridized carbons (Fsp3) is 0.316. The Morgan fingerprint density at radius 2 is 2.07 bits per heavy atom. The third-order valence-corrected chi connectivity index (χ3v) is 4.83. The Balaban J connectivity index is 1.61. The lowest BCUT2D eigenvalue weighted by molar-refractivity contribution is -0.143. The van der Waals surface area contributed by atoms with E-state index in [1.54, 1.807) is 17.7 Å². The Hall–Kier alpha value is -2.31. The number of nitrogens with one attached hydrogen (secondary N) is 1. The van der Waals surface area contributed by atoms with E-state index in [0.717, 1.165) is 18.4 Å². The summed E-state index contributed by atoms with van der Waals surface area (Å²) in [5.74, 6) is -0.906. The zero-order chi connectivity index (χ0) is 19.4.